The average Bonchev–Trinajstić information content (AvgIpc) is 2.86. The van der Waals surface area contributed by atoms with Crippen LogP contribution < -0.4 is 10.1 Å². The Morgan fingerprint density at radius 2 is 2.15 bits per heavy atom. The number of methoxy groups -OCH3 is 1. The molecule has 0 aliphatic heterocycles. The molecule has 1 aromatic carbocycles. The Balaban J connectivity index is 1.98. The Kier molecular flexibility index (Phi) is 4.40. The number of carbonyl (C=O) groups excluding carboxylic acids is 1. The molecular formula is C15H19N3O2. The van der Waals surface area contributed by atoms with Crippen LogP contribution in [0, 0.1) is 6.92 Å². The van der Waals surface area contributed by atoms with E-state index >= 15 is 0 Å². The number of anilines is 1. The van der Waals surface area contributed by atoms with Gasteiger partial charge >= 0.3 is 0 Å². The Morgan fingerprint density at radius 1 is 1.40 bits per heavy atom. The second-order valence-corrected chi connectivity index (χ2v) is 4.74. The summed E-state index contributed by atoms with van der Waals surface area (Å²) >= 11 is 0. The Morgan fingerprint density at radius 3 is 2.80 bits per heavy atom. The molecule has 0 fully saturated rings. The number of aryl methyl sites for hydroxylation is 1. The molecule has 0 saturated heterocycles. The van der Waals surface area contributed by atoms with Crippen molar-refractivity contribution in [2.45, 2.75) is 26.3 Å². The number of benzene rings is 1. The maximum Gasteiger partial charge on any atom is 0.226 e. The molecule has 0 radical (unpaired) electrons. The van der Waals surface area contributed by atoms with Crippen LogP contribution in [-0.2, 0) is 4.79 Å². The van der Waals surface area contributed by atoms with E-state index < -0.39 is 0 Å². The third kappa shape index (κ3) is 3.38. The smallest absolute Gasteiger partial charge is 0.226 e. The van der Waals surface area contributed by atoms with Gasteiger partial charge in [0.15, 0.2) is 0 Å². The molecule has 1 atom stereocenters. The van der Waals surface area contributed by atoms with Gasteiger partial charge in [-0.05, 0) is 32.0 Å². The number of hydrogen-bond acceptors (Lipinski definition) is 3. The molecule has 106 valence electrons. The zero-order chi connectivity index (χ0) is 14.5. The topological polar surface area (TPSA) is 56.1 Å². The summed E-state index contributed by atoms with van der Waals surface area (Å²) in [7, 11) is 1.58. The monoisotopic (exact) mass is 273 g/mol. The van der Waals surface area contributed by atoms with E-state index in [9.17, 15) is 4.79 Å². The van der Waals surface area contributed by atoms with Gasteiger partial charge in [-0.1, -0.05) is 12.1 Å². The number of rotatable bonds is 5. The van der Waals surface area contributed by atoms with Gasteiger partial charge in [0.25, 0.3) is 0 Å². The quantitative estimate of drug-likeness (QED) is 0.911. The maximum atomic E-state index is 12.1. The van der Waals surface area contributed by atoms with Crippen molar-refractivity contribution >= 4 is 11.6 Å². The van der Waals surface area contributed by atoms with Crippen molar-refractivity contribution in [3.8, 4) is 5.75 Å². The van der Waals surface area contributed by atoms with Gasteiger partial charge in [0, 0.05) is 12.6 Å². The lowest BCUT2D eigenvalue weighted by Gasteiger charge is -2.13. The highest BCUT2D eigenvalue weighted by atomic mass is 16.5. The van der Waals surface area contributed by atoms with Crippen molar-refractivity contribution in [3.63, 3.8) is 0 Å². The second-order valence-electron chi connectivity index (χ2n) is 4.74. The van der Waals surface area contributed by atoms with Crippen LogP contribution in [0.3, 0.4) is 0 Å². The molecule has 0 spiro atoms. The third-order valence-electron chi connectivity index (χ3n) is 3.06. The zero-order valence-electron chi connectivity index (χ0n) is 12.0. The van der Waals surface area contributed by atoms with E-state index in [1.165, 1.54) is 0 Å². The van der Waals surface area contributed by atoms with Gasteiger partial charge in [-0.15, -0.1) is 0 Å². The van der Waals surface area contributed by atoms with Gasteiger partial charge in [-0.25, -0.2) is 0 Å². The molecular weight excluding hydrogens is 254 g/mol. The zero-order valence-corrected chi connectivity index (χ0v) is 12.0. The van der Waals surface area contributed by atoms with Gasteiger partial charge < -0.3 is 10.1 Å². The summed E-state index contributed by atoms with van der Waals surface area (Å²) < 4.78 is 7.01. The van der Waals surface area contributed by atoms with E-state index in [0.717, 1.165) is 5.69 Å². The largest absolute Gasteiger partial charge is 0.495 e. The number of carbonyl (C=O) groups is 1. The van der Waals surface area contributed by atoms with E-state index in [1.807, 2.05) is 50.4 Å². The van der Waals surface area contributed by atoms with E-state index in [1.54, 1.807) is 11.8 Å². The van der Waals surface area contributed by atoms with Crippen LogP contribution >= 0.6 is 0 Å². The average molecular weight is 273 g/mol. The summed E-state index contributed by atoms with van der Waals surface area (Å²) in [4.78, 5) is 12.1. The molecule has 0 bridgehead atoms. The van der Waals surface area contributed by atoms with Gasteiger partial charge in [0.1, 0.15) is 5.75 Å². The summed E-state index contributed by atoms with van der Waals surface area (Å²) in [6.07, 6.45) is 2.25. The first-order valence-electron chi connectivity index (χ1n) is 6.55. The van der Waals surface area contributed by atoms with E-state index in [-0.39, 0.29) is 11.9 Å². The lowest BCUT2D eigenvalue weighted by molar-refractivity contribution is -0.116. The number of nitrogens with one attached hydrogen (secondary N) is 1. The van der Waals surface area contributed by atoms with E-state index in [0.29, 0.717) is 17.9 Å². The molecule has 0 aliphatic carbocycles. The van der Waals surface area contributed by atoms with Crippen molar-refractivity contribution in [1.29, 1.82) is 0 Å². The minimum atomic E-state index is -0.0600. The summed E-state index contributed by atoms with van der Waals surface area (Å²) in [5.74, 6) is 0.596. The van der Waals surface area contributed by atoms with Crippen LogP contribution in [0.15, 0.2) is 36.5 Å². The normalized spacial score (nSPS) is 11.9. The highest BCUT2D eigenvalue weighted by Gasteiger charge is 2.13. The number of nitrogens with zero attached hydrogens (tertiary/aromatic N) is 2. The standard InChI is InChI=1S/C15H19N3O2/c1-11-8-9-18(17-11)12(2)10-15(19)16-13-6-4-5-7-14(13)20-3/h4-9,12H,10H2,1-3H3,(H,16,19)/t12-/m1/s1. The van der Waals surface area contributed by atoms with Gasteiger partial charge in [-0.2, -0.15) is 5.10 Å². The predicted octanol–water partition coefficient (Wildman–Crippen LogP) is 2.79. The van der Waals surface area contributed by atoms with Crippen LogP contribution in [0.5, 0.6) is 5.75 Å². The van der Waals surface area contributed by atoms with Crippen molar-refractivity contribution in [3.05, 3.63) is 42.2 Å². The van der Waals surface area contributed by atoms with E-state index in [4.69, 9.17) is 4.74 Å². The van der Waals surface area contributed by atoms with Crippen LogP contribution in [0.1, 0.15) is 25.1 Å². The van der Waals surface area contributed by atoms with Gasteiger partial charge in [0.2, 0.25) is 5.91 Å². The maximum absolute atomic E-state index is 12.1. The number of hydrogen-bond donors (Lipinski definition) is 1. The first kappa shape index (κ1) is 14.1. The van der Waals surface area contributed by atoms with Crippen molar-refractivity contribution in [2.24, 2.45) is 0 Å². The number of para-hydroxylation sites is 2. The number of amides is 1. The Hall–Kier alpha value is -2.30. The number of ether oxygens (including phenoxy) is 1. The van der Waals surface area contributed by atoms with E-state index in [2.05, 4.69) is 10.4 Å². The highest BCUT2D eigenvalue weighted by Crippen LogP contribution is 2.23. The molecule has 0 saturated carbocycles. The summed E-state index contributed by atoms with van der Waals surface area (Å²) in [5, 5.41) is 7.18. The molecule has 2 rings (SSSR count). The van der Waals surface area contributed by atoms with Gasteiger partial charge in [-0.3, -0.25) is 9.48 Å². The molecule has 1 aromatic heterocycles. The van der Waals surface area contributed by atoms with Crippen molar-refractivity contribution < 1.29 is 9.53 Å². The SMILES string of the molecule is COc1ccccc1NC(=O)C[C@@H](C)n1ccc(C)n1. The highest BCUT2D eigenvalue weighted by molar-refractivity contribution is 5.92. The molecule has 20 heavy (non-hydrogen) atoms. The van der Waals surface area contributed by atoms with Crippen LogP contribution in [0.2, 0.25) is 0 Å². The van der Waals surface area contributed by atoms with Crippen LogP contribution in [0.4, 0.5) is 5.69 Å². The van der Waals surface area contributed by atoms with Crippen molar-refractivity contribution in [1.82, 2.24) is 9.78 Å². The fourth-order valence-electron chi connectivity index (χ4n) is 1.99. The molecule has 1 amide bonds. The molecule has 5 nitrogen and oxygen atoms in total. The minimum Gasteiger partial charge on any atom is -0.495 e. The Labute approximate surface area is 118 Å². The first-order chi connectivity index (χ1) is 9.60. The van der Waals surface area contributed by atoms with Crippen LogP contribution in [0.25, 0.3) is 0 Å². The molecule has 0 aliphatic rings. The summed E-state index contributed by atoms with van der Waals surface area (Å²) in [5.41, 5.74) is 1.63. The molecule has 0 unspecified atom stereocenters. The minimum absolute atomic E-state index is 0.0124. The molecule has 1 heterocycles. The Bertz CT molecular complexity index is 592. The third-order valence-corrected chi connectivity index (χ3v) is 3.06. The molecule has 1 N–H and O–H groups in total. The lowest BCUT2D eigenvalue weighted by atomic mass is 10.2. The fourth-order valence-corrected chi connectivity index (χ4v) is 1.99. The molecule has 5 heteroatoms. The van der Waals surface area contributed by atoms with Crippen LogP contribution in [-0.4, -0.2) is 22.8 Å². The summed E-state index contributed by atoms with van der Waals surface area (Å²) in [6, 6.07) is 9.30. The second kappa shape index (κ2) is 6.23. The predicted molar refractivity (Wildman–Crippen MR) is 77.9 cm³/mol. The first-order valence-corrected chi connectivity index (χ1v) is 6.55. The summed E-state index contributed by atoms with van der Waals surface area (Å²) in [6.45, 7) is 3.90. The molecule has 2 aromatic rings. The van der Waals surface area contributed by atoms with Crippen molar-refractivity contribution in [2.75, 3.05) is 12.4 Å². The number of aromatic nitrogens is 2. The fraction of sp³-hybridized carbons (Fsp3) is 0.333. The van der Waals surface area contributed by atoms with Gasteiger partial charge in [0.05, 0.1) is 24.5 Å². The lowest BCUT2D eigenvalue weighted by Crippen LogP contribution is -2.18.